The summed E-state index contributed by atoms with van der Waals surface area (Å²) in [5, 5.41) is 4.21. The number of fused-ring (bicyclic) bond motifs is 1. The molecule has 0 aliphatic carbocycles. The summed E-state index contributed by atoms with van der Waals surface area (Å²) >= 11 is 0. The van der Waals surface area contributed by atoms with E-state index >= 15 is 0 Å². The van der Waals surface area contributed by atoms with Gasteiger partial charge in [0.1, 0.15) is 5.82 Å². The SMILES string of the molecule is Cc1ccc2c(NCCCN(C)C)nc(-c3cc(-c4ccccc4)cc(C(F)(F)F)c3)nc2c1. The molecule has 4 nitrogen and oxygen atoms in total. The van der Waals surface area contributed by atoms with Crippen molar-refractivity contribution in [2.75, 3.05) is 32.5 Å². The highest BCUT2D eigenvalue weighted by atomic mass is 19.4. The summed E-state index contributed by atoms with van der Waals surface area (Å²) in [6, 6.07) is 18.9. The van der Waals surface area contributed by atoms with Gasteiger partial charge in [-0.25, -0.2) is 9.97 Å². The van der Waals surface area contributed by atoms with Crippen molar-refractivity contribution in [3.63, 3.8) is 0 Å². The maximum Gasteiger partial charge on any atom is 0.416 e. The third-order valence-electron chi connectivity index (χ3n) is 5.55. The van der Waals surface area contributed by atoms with Gasteiger partial charge >= 0.3 is 6.18 Å². The topological polar surface area (TPSA) is 41.0 Å². The molecule has 0 aliphatic rings. The third-order valence-corrected chi connectivity index (χ3v) is 5.55. The lowest BCUT2D eigenvalue weighted by Crippen LogP contribution is -2.17. The first-order valence-electron chi connectivity index (χ1n) is 11.2. The highest BCUT2D eigenvalue weighted by Crippen LogP contribution is 2.36. The number of hydrogen-bond acceptors (Lipinski definition) is 4. The molecule has 0 aliphatic heterocycles. The summed E-state index contributed by atoms with van der Waals surface area (Å²) in [4.78, 5) is 11.4. The molecule has 0 fully saturated rings. The van der Waals surface area contributed by atoms with Gasteiger partial charge in [-0.05, 0) is 81.0 Å². The number of hydrogen-bond donors (Lipinski definition) is 1. The van der Waals surface area contributed by atoms with Crippen LogP contribution in [0, 0.1) is 6.92 Å². The zero-order valence-corrected chi connectivity index (χ0v) is 19.4. The molecule has 0 amide bonds. The predicted molar refractivity (Wildman–Crippen MR) is 132 cm³/mol. The summed E-state index contributed by atoms with van der Waals surface area (Å²) in [6.45, 7) is 3.56. The van der Waals surface area contributed by atoms with Crippen LogP contribution in [-0.2, 0) is 6.18 Å². The van der Waals surface area contributed by atoms with Crippen molar-refractivity contribution in [2.45, 2.75) is 19.5 Å². The molecule has 176 valence electrons. The van der Waals surface area contributed by atoms with Crippen molar-refractivity contribution >= 4 is 16.7 Å². The fourth-order valence-electron chi connectivity index (χ4n) is 3.82. The minimum absolute atomic E-state index is 0.261. The van der Waals surface area contributed by atoms with Crippen LogP contribution in [0.25, 0.3) is 33.4 Å². The lowest BCUT2D eigenvalue weighted by molar-refractivity contribution is -0.137. The Morgan fingerprint density at radius 1 is 0.853 bits per heavy atom. The molecule has 0 unspecified atom stereocenters. The van der Waals surface area contributed by atoms with Crippen LogP contribution in [0.2, 0.25) is 0 Å². The van der Waals surface area contributed by atoms with Crippen LogP contribution in [0.15, 0.2) is 66.7 Å². The Kier molecular flexibility index (Phi) is 6.84. The van der Waals surface area contributed by atoms with Crippen LogP contribution in [-0.4, -0.2) is 42.1 Å². The molecule has 1 N–H and O–H groups in total. The molecule has 4 aromatic rings. The fraction of sp³-hybridized carbons (Fsp3) is 0.259. The average Bonchev–Trinajstić information content (AvgIpc) is 2.81. The molecule has 0 bridgehead atoms. The van der Waals surface area contributed by atoms with Crippen molar-refractivity contribution in [2.24, 2.45) is 0 Å². The summed E-state index contributed by atoms with van der Waals surface area (Å²) < 4.78 is 41.3. The lowest BCUT2D eigenvalue weighted by atomic mass is 9.99. The molecule has 4 rings (SSSR count). The minimum atomic E-state index is -4.49. The van der Waals surface area contributed by atoms with Crippen molar-refractivity contribution < 1.29 is 13.2 Å². The van der Waals surface area contributed by atoms with Crippen LogP contribution >= 0.6 is 0 Å². The summed E-state index contributed by atoms with van der Waals surface area (Å²) in [5.74, 6) is 0.883. The Labute approximate surface area is 197 Å². The highest BCUT2D eigenvalue weighted by Gasteiger charge is 2.31. The normalized spacial score (nSPS) is 11.9. The largest absolute Gasteiger partial charge is 0.416 e. The van der Waals surface area contributed by atoms with Crippen LogP contribution in [0.3, 0.4) is 0 Å². The van der Waals surface area contributed by atoms with Crippen LogP contribution in [0.1, 0.15) is 17.5 Å². The number of nitrogens with one attached hydrogen (secondary N) is 1. The molecule has 0 saturated heterocycles. The summed E-state index contributed by atoms with van der Waals surface area (Å²) in [6.07, 6.45) is -3.58. The number of halogens is 3. The van der Waals surface area contributed by atoms with E-state index in [1.54, 1.807) is 30.3 Å². The third kappa shape index (κ3) is 5.54. The van der Waals surface area contributed by atoms with E-state index in [1.165, 1.54) is 6.07 Å². The van der Waals surface area contributed by atoms with E-state index in [2.05, 4.69) is 20.2 Å². The Bertz CT molecular complexity index is 1280. The second kappa shape index (κ2) is 9.81. The molecule has 1 aromatic heterocycles. The first kappa shape index (κ1) is 23.7. The van der Waals surface area contributed by atoms with Crippen LogP contribution < -0.4 is 5.32 Å². The molecule has 7 heteroatoms. The number of alkyl halides is 3. The van der Waals surface area contributed by atoms with E-state index in [0.717, 1.165) is 30.0 Å². The maximum atomic E-state index is 13.8. The zero-order chi connectivity index (χ0) is 24.3. The standard InChI is InChI=1S/C27H27F3N4/c1-18-10-11-23-24(14-18)32-25(33-26(23)31-12-7-13-34(2)3)21-15-20(19-8-5-4-6-9-19)16-22(17-21)27(28,29)30/h4-6,8-11,14-17H,7,12-13H2,1-3H3,(H,31,32,33). The Morgan fingerprint density at radius 3 is 2.29 bits per heavy atom. The number of benzene rings is 3. The van der Waals surface area contributed by atoms with Gasteiger partial charge in [0.2, 0.25) is 0 Å². The van der Waals surface area contributed by atoms with Crippen molar-refractivity contribution in [3.8, 4) is 22.5 Å². The molecule has 0 radical (unpaired) electrons. The van der Waals surface area contributed by atoms with Gasteiger partial charge in [0, 0.05) is 17.5 Å². The minimum Gasteiger partial charge on any atom is -0.369 e. The number of rotatable bonds is 7. The summed E-state index contributed by atoms with van der Waals surface area (Å²) in [5.41, 5.74) is 2.49. The average molecular weight is 465 g/mol. The molecule has 1 heterocycles. The first-order chi connectivity index (χ1) is 16.2. The number of aryl methyl sites for hydroxylation is 1. The number of anilines is 1. The monoisotopic (exact) mass is 464 g/mol. The van der Waals surface area contributed by atoms with Gasteiger partial charge in [0.05, 0.1) is 11.1 Å². The first-order valence-corrected chi connectivity index (χ1v) is 11.2. The molecule has 0 atom stereocenters. The fourth-order valence-corrected chi connectivity index (χ4v) is 3.82. The maximum absolute atomic E-state index is 13.8. The molecule has 0 spiro atoms. The predicted octanol–water partition coefficient (Wildman–Crippen LogP) is 6.65. The Hall–Kier alpha value is -3.45. The van der Waals surface area contributed by atoms with Gasteiger partial charge in [-0.2, -0.15) is 13.2 Å². The van der Waals surface area contributed by atoms with E-state index < -0.39 is 11.7 Å². The van der Waals surface area contributed by atoms with E-state index in [4.69, 9.17) is 0 Å². The zero-order valence-electron chi connectivity index (χ0n) is 19.4. The molecular formula is C27H27F3N4. The second-order valence-corrected chi connectivity index (χ2v) is 8.66. The van der Waals surface area contributed by atoms with E-state index in [1.807, 2.05) is 45.3 Å². The number of nitrogens with zero attached hydrogens (tertiary/aromatic N) is 3. The second-order valence-electron chi connectivity index (χ2n) is 8.66. The van der Waals surface area contributed by atoms with Gasteiger partial charge in [-0.3, -0.25) is 0 Å². The Balaban J connectivity index is 1.83. The van der Waals surface area contributed by atoms with E-state index in [0.29, 0.717) is 34.6 Å². The smallest absolute Gasteiger partial charge is 0.369 e. The van der Waals surface area contributed by atoms with Gasteiger partial charge in [0.15, 0.2) is 5.82 Å². The number of aromatic nitrogens is 2. The summed E-state index contributed by atoms with van der Waals surface area (Å²) in [7, 11) is 4.03. The van der Waals surface area contributed by atoms with Crippen LogP contribution in [0.4, 0.5) is 19.0 Å². The van der Waals surface area contributed by atoms with Gasteiger partial charge < -0.3 is 10.2 Å². The van der Waals surface area contributed by atoms with Gasteiger partial charge in [0.25, 0.3) is 0 Å². The lowest BCUT2D eigenvalue weighted by Gasteiger charge is -2.15. The highest BCUT2D eigenvalue weighted by molar-refractivity contribution is 5.91. The van der Waals surface area contributed by atoms with Gasteiger partial charge in [-0.1, -0.05) is 36.4 Å². The van der Waals surface area contributed by atoms with Crippen molar-refractivity contribution in [1.82, 2.24) is 14.9 Å². The van der Waals surface area contributed by atoms with Crippen molar-refractivity contribution in [1.29, 1.82) is 0 Å². The molecular weight excluding hydrogens is 437 g/mol. The molecule has 34 heavy (non-hydrogen) atoms. The molecule has 3 aromatic carbocycles. The quantitative estimate of drug-likeness (QED) is 0.311. The Morgan fingerprint density at radius 2 is 1.59 bits per heavy atom. The van der Waals surface area contributed by atoms with Crippen molar-refractivity contribution in [3.05, 3.63) is 77.9 Å². The van der Waals surface area contributed by atoms with Gasteiger partial charge in [-0.15, -0.1) is 0 Å². The van der Waals surface area contributed by atoms with E-state index in [9.17, 15) is 13.2 Å². The van der Waals surface area contributed by atoms with Crippen LogP contribution in [0.5, 0.6) is 0 Å². The molecule has 0 saturated carbocycles. The van der Waals surface area contributed by atoms with E-state index in [-0.39, 0.29) is 5.82 Å².